The monoisotopic (exact) mass is 376 g/mol. The largest absolute Gasteiger partial charge is 0.465 e. The molecule has 0 bridgehead atoms. The summed E-state index contributed by atoms with van der Waals surface area (Å²) in [5.74, 6) is 1.34. The first-order valence-corrected chi connectivity index (χ1v) is 9.35. The summed E-state index contributed by atoms with van der Waals surface area (Å²) in [7, 11) is 1.62. The van der Waals surface area contributed by atoms with Gasteiger partial charge in [0.15, 0.2) is 0 Å². The van der Waals surface area contributed by atoms with Crippen LogP contribution in [0.25, 0.3) is 11.0 Å². The van der Waals surface area contributed by atoms with E-state index in [1.165, 1.54) is 5.56 Å². The van der Waals surface area contributed by atoms with Crippen LogP contribution in [0.2, 0.25) is 0 Å². The number of rotatable bonds is 2. The average Bonchev–Trinajstić information content (AvgIpc) is 3.08. The summed E-state index contributed by atoms with van der Waals surface area (Å²) in [4.78, 5) is 21.6. The summed E-state index contributed by atoms with van der Waals surface area (Å²) < 4.78 is 8.16. The number of benzene rings is 2. The van der Waals surface area contributed by atoms with Gasteiger partial charge in [-0.3, -0.25) is 9.36 Å². The Morgan fingerprint density at radius 2 is 2.00 bits per heavy atom. The number of fused-ring (bicyclic) bond motifs is 2. The molecule has 0 saturated carbocycles. The summed E-state index contributed by atoms with van der Waals surface area (Å²) in [5, 5.41) is 2.66. The summed E-state index contributed by atoms with van der Waals surface area (Å²) in [6.45, 7) is 8.01. The molecule has 2 heterocycles. The van der Waals surface area contributed by atoms with Crippen molar-refractivity contribution in [3.05, 3.63) is 58.9 Å². The molecule has 144 valence electrons. The van der Waals surface area contributed by atoms with Crippen molar-refractivity contribution >= 4 is 22.8 Å². The van der Waals surface area contributed by atoms with Crippen molar-refractivity contribution in [3.8, 4) is 5.75 Å². The van der Waals surface area contributed by atoms with E-state index < -0.39 is 5.72 Å². The second kappa shape index (κ2) is 6.48. The molecule has 1 atom stereocenters. The highest BCUT2D eigenvalue weighted by Crippen LogP contribution is 2.34. The number of aromatic nitrogens is 2. The molecule has 1 aliphatic heterocycles. The Kier molecular flexibility index (Phi) is 4.22. The summed E-state index contributed by atoms with van der Waals surface area (Å²) in [6.07, 6.45) is 1.93. The Bertz CT molecular complexity index is 1130. The minimum Gasteiger partial charge on any atom is -0.465 e. The molecule has 1 amide bonds. The van der Waals surface area contributed by atoms with Gasteiger partial charge in [-0.1, -0.05) is 12.1 Å². The second-order valence-electron chi connectivity index (χ2n) is 7.55. The van der Waals surface area contributed by atoms with E-state index in [1.54, 1.807) is 13.4 Å². The van der Waals surface area contributed by atoms with E-state index in [0.29, 0.717) is 0 Å². The van der Waals surface area contributed by atoms with Gasteiger partial charge in [-0.2, -0.15) is 0 Å². The third-order valence-corrected chi connectivity index (χ3v) is 5.29. The fourth-order valence-electron chi connectivity index (χ4n) is 3.58. The van der Waals surface area contributed by atoms with Gasteiger partial charge in [0.05, 0.1) is 23.0 Å². The van der Waals surface area contributed by atoms with Crippen LogP contribution in [-0.4, -0.2) is 34.1 Å². The lowest BCUT2D eigenvalue weighted by molar-refractivity contribution is -0.124. The van der Waals surface area contributed by atoms with E-state index >= 15 is 0 Å². The van der Waals surface area contributed by atoms with Crippen LogP contribution in [0.3, 0.4) is 0 Å². The van der Waals surface area contributed by atoms with E-state index in [2.05, 4.69) is 36.3 Å². The SMILES string of the molecule is CNC(=O)CC1(C)N=C(n2cnc3c(C)c(C)ccc32)c2ccc(C)cc2O1. The Morgan fingerprint density at radius 3 is 2.75 bits per heavy atom. The predicted octanol–water partition coefficient (Wildman–Crippen LogP) is 3.50. The molecular formula is C22H24N4O2. The molecule has 1 aromatic heterocycles. The normalized spacial score (nSPS) is 18.4. The van der Waals surface area contributed by atoms with Crippen molar-refractivity contribution in [2.75, 3.05) is 7.05 Å². The minimum atomic E-state index is -0.993. The number of nitrogens with zero attached hydrogens (tertiary/aromatic N) is 3. The molecule has 28 heavy (non-hydrogen) atoms. The first-order chi connectivity index (χ1) is 13.3. The van der Waals surface area contributed by atoms with E-state index in [0.717, 1.165) is 39.3 Å². The molecule has 0 fully saturated rings. The Labute approximate surface area is 164 Å². The van der Waals surface area contributed by atoms with Crippen molar-refractivity contribution in [2.45, 2.75) is 39.8 Å². The molecule has 1 N–H and O–H groups in total. The van der Waals surface area contributed by atoms with Gasteiger partial charge in [-0.25, -0.2) is 9.98 Å². The quantitative estimate of drug-likeness (QED) is 0.744. The molecule has 6 heteroatoms. The zero-order valence-electron chi connectivity index (χ0n) is 16.8. The molecule has 0 saturated heterocycles. The Morgan fingerprint density at radius 1 is 1.21 bits per heavy atom. The van der Waals surface area contributed by atoms with Crippen LogP contribution in [-0.2, 0) is 4.79 Å². The first kappa shape index (κ1) is 18.2. The van der Waals surface area contributed by atoms with Crippen molar-refractivity contribution < 1.29 is 9.53 Å². The standard InChI is InChI=1S/C22H24N4O2/c1-13-6-8-16-18(10-13)28-22(4,11-19(27)23-5)25-21(16)26-12-24-20-15(3)14(2)7-9-17(20)26/h6-10,12H,11H2,1-5H3,(H,23,27). The topological polar surface area (TPSA) is 68.5 Å². The maximum Gasteiger partial charge on any atom is 0.225 e. The molecule has 1 unspecified atom stereocenters. The van der Waals surface area contributed by atoms with Crippen molar-refractivity contribution in [1.82, 2.24) is 14.9 Å². The number of aryl methyl sites for hydroxylation is 3. The van der Waals surface area contributed by atoms with E-state index in [1.807, 2.05) is 36.6 Å². The number of imidazole rings is 1. The van der Waals surface area contributed by atoms with Gasteiger partial charge in [0, 0.05) is 7.05 Å². The highest BCUT2D eigenvalue weighted by atomic mass is 16.5. The number of carbonyl (C=O) groups is 1. The van der Waals surface area contributed by atoms with Crippen LogP contribution < -0.4 is 10.1 Å². The summed E-state index contributed by atoms with van der Waals surface area (Å²) in [6, 6.07) is 10.2. The Hall–Kier alpha value is -3.15. The number of ether oxygens (including phenoxy) is 1. The lowest BCUT2D eigenvalue weighted by Crippen LogP contribution is -2.41. The van der Waals surface area contributed by atoms with Crippen LogP contribution in [0.5, 0.6) is 5.75 Å². The molecule has 6 nitrogen and oxygen atoms in total. The molecule has 2 aromatic carbocycles. The fourth-order valence-corrected chi connectivity index (χ4v) is 3.58. The number of carbonyl (C=O) groups excluding carboxylic acids is 1. The first-order valence-electron chi connectivity index (χ1n) is 9.35. The van der Waals surface area contributed by atoms with Crippen LogP contribution >= 0.6 is 0 Å². The zero-order valence-corrected chi connectivity index (χ0v) is 16.8. The summed E-state index contributed by atoms with van der Waals surface area (Å²) in [5.41, 5.74) is 5.27. The number of aliphatic imine (C=N–C) groups is 1. The minimum absolute atomic E-state index is 0.122. The van der Waals surface area contributed by atoms with Gasteiger partial charge in [0.1, 0.15) is 17.9 Å². The molecule has 0 aliphatic carbocycles. The van der Waals surface area contributed by atoms with Gasteiger partial charge in [-0.05, 0) is 62.6 Å². The smallest absolute Gasteiger partial charge is 0.225 e. The lowest BCUT2D eigenvalue weighted by atomic mass is 10.0. The van der Waals surface area contributed by atoms with Gasteiger partial charge in [0.25, 0.3) is 0 Å². The van der Waals surface area contributed by atoms with Crippen LogP contribution in [0, 0.1) is 20.8 Å². The molecular weight excluding hydrogens is 352 g/mol. The van der Waals surface area contributed by atoms with Crippen LogP contribution in [0.1, 0.15) is 35.6 Å². The van der Waals surface area contributed by atoms with Gasteiger partial charge >= 0.3 is 0 Å². The van der Waals surface area contributed by atoms with E-state index in [4.69, 9.17) is 9.73 Å². The van der Waals surface area contributed by atoms with Crippen molar-refractivity contribution in [1.29, 1.82) is 0 Å². The summed E-state index contributed by atoms with van der Waals surface area (Å²) >= 11 is 0. The third kappa shape index (κ3) is 2.95. The molecule has 3 aromatic rings. The van der Waals surface area contributed by atoms with Crippen LogP contribution in [0.4, 0.5) is 0 Å². The average molecular weight is 376 g/mol. The second-order valence-corrected chi connectivity index (χ2v) is 7.55. The highest BCUT2D eigenvalue weighted by Gasteiger charge is 2.35. The third-order valence-electron chi connectivity index (χ3n) is 5.29. The number of hydrogen-bond donors (Lipinski definition) is 1. The molecule has 0 radical (unpaired) electrons. The molecule has 0 spiro atoms. The van der Waals surface area contributed by atoms with Gasteiger partial charge in [-0.15, -0.1) is 0 Å². The molecule has 4 rings (SSSR count). The zero-order chi connectivity index (χ0) is 20.1. The number of amides is 1. The maximum atomic E-state index is 12.1. The van der Waals surface area contributed by atoms with E-state index in [-0.39, 0.29) is 12.3 Å². The van der Waals surface area contributed by atoms with Crippen molar-refractivity contribution in [2.24, 2.45) is 4.99 Å². The highest BCUT2D eigenvalue weighted by molar-refractivity contribution is 6.07. The number of hydrogen-bond acceptors (Lipinski definition) is 4. The Balaban J connectivity index is 1.93. The number of nitrogens with one attached hydrogen (secondary N) is 1. The molecule has 1 aliphatic rings. The van der Waals surface area contributed by atoms with Crippen molar-refractivity contribution in [3.63, 3.8) is 0 Å². The fraction of sp³-hybridized carbons (Fsp3) is 0.318. The lowest BCUT2D eigenvalue weighted by Gasteiger charge is -2.33. The van der Waals surface area contributed by atoms with Gasteiger partial charge < -0.3 is 10.1 Å². The maximum absolute atomic E-state index is 12.1. The predicted molar refractivity (Wildman–Crippen MR) is 110 cm³/mol. The van der Waals surface area contributed by atoms with Crippen LogP contribution in [0.15, 0.2) is 41.7 Å². The van der Waals surface area contributed by atoms with Gasteiger partial charge in [0.2, 0.25) is 11.6 Å². The van der Waals surface area contributed by atoms with E-state index in [9.17, 15) is 4.79 Å².